The molecule has 0 bridgehead atoms. The number of hydrogen-bond donors (Lipinski definition) is 0. The lowest BCUT2D eigenvalue weighted by molar-refractivity contribution is -0.130. The Kier molecular flexibility index (Phi) is 5.73. The van der Waals surface area contributed by atoms with E-state index >= 15 is 0 Å². The molecule has 2 aromatic heterocycles. The van der Waals surface area contributed by atoms with Gasteiger partial charge in [0.25, 0.3) is 0 Å². The molecular formula is C18H25N5OS. The van der Waals surface area contributed by atoms with Crippen molar-refractivity contribution in [2.24, 2.45) is 11.8 Å². The monoisotopic (exact) mass is 359 g/mol. The van der Waals surface area contributed by atoms with E-state index in [4.69, 9.17) is 0 Å². The maximum Gasteiger partial charge on any atom is 0.233 e. The van der Waals surface area contributed by atoms with Gasteiger partial charge < -0.3 is 9.47 Å². The lowest BCUT2D eigenvalue weighted by Gasteiger charge is -2.34. The fourth-order valence-electron chi connectivity index (χ4n) is 3.48. The second kappa shape index (κ2) is 7.99. The van der Waals surface area contributed by atoms with E-state index in [1.54, 1.807) is 12.4 Å². The predicted molar refractivity (Wildman–Crippen MR) is 99.2 cm³/mol. The number of hydrogen-bond acceptors (Lipinski definition) is 5. The molecule has 2 aromatic rings. The van der Waals surface area contributed by atoms with Gasteiger partial charge >= 0.3 is 0 Å². The summed E-state index contributed by atoms with van der Waals surface area (Å²) in [6.07, 6.45) is 4.70. The number of piperidine rings is 1. The number of pyridine rings is 1. The van der Waals surface area contributed by atoms with Crippen molar-refractivity contribution in [2.75, 3.05) is 18.8 Å². The van der Waals surface area contributed by atoms with Crippen LogP contribution in [0, 0.1) is 11.8 Å². The fraction of sp³-hybridized carbons (Fsp3) is 0.556. The van der Waals surface area contributed by atoms with Gasteiger partial charge in [-0.2, -0.15) is 0 Å². The largest absolute Gasteiger partial charge is 0.341 e. The summed E-state index contributed by atoms with van der Waals surface area (Å²) in [5.41, 5.74) is 0.987. The third kappa shape index (κ3) is 4.21. The molecule has 2 atom stereocenters. The first kappa shape index (κ1) is 17.9. The smallest absolute Gasteiger partial charge is 0.233 e. The molecule has 1 aliphatic rings. The minimum absolute atomic E-state index is 0.194. The third-order valence-electron chi connectivity index (χ3n) is 4.52. The first-order valence-corrected chi connectivity index (χ1v) is 9.81. The molecule has 1 amide bonds. The molecule has 3 rings (SSSR count). The van der Waals surface area contributed by atoms with Crippen molar-refractivity contribution in [3.05, 3.63) is 24.5 Å². The van der Waals surface area contributed by atoms with E-state index in [0.717, 1.165) is 36.2 Å². The summed E-state index contributed by atoms with van der Waals surface area (Å²) in [5.74, 6) is 2.58. The zero-order valence-electron chi connectivity index (χ0n) is 15.1. The van der Waals surface area contributed by atoms with Crippen molar-refractivity contribution in [1.29, 1.82) is 0 Å². The Balaban J connectivity index is 1.67. The van der Waals surface area contributed by atoms with Crippen molar-refractivity contribution < 1.29 is 4.79 Å². The van der Waals surface area contributed by atoms with E-state index in [2.05, 4.69) is 40.5 Å². The van der Waals surface area contributed by atoms with Crippen molar-refractivity contribution >= 4 is 17.7 Å². The maximum atomic E-state index is 12.6. The van der Waals surface area contributed by atoms with Crippen LogP contribution in [0.1, 0.15) is 27.2 Å². The summed E-state index contributed by atoms with van der Waals surface area (Å²) in [5, 5.41) is 9.40. The summed E-state index contributed by atoms with van der Waals surface area (Å²) in [7, 11) is 0. The molecule has 25 heavy (non-hydrogen) atoms. The molecule has 0 aromatic carbocycles. The Morgan fingerprint density at radius 3 is 2.52 bits per heavy atom. The number of rotatable bonds is 5. The molecule has 1 aliphatic heterocycles. The van der Waals surface area contributed by atoms with Crippen LogP contribution in [0.4, 0.5) is 0 Å². The molecule has 1 fully saturated rings. The first-order chi connectivity index (χ1) is 12.1. The van der Waals surface area contributed by atoms with Gasteiger partial charge in [0, 0.05) is 37.6 Å². The van der Waals surface area contributed by atoms with Gasteiger partial charge in [-0.15, -0.1) is 10.2 Å². The maximum absolute atomic E-state index is 12.6. The lowest BCUT2D eigenvalue weighted by atomic mass is 9.92. The Labute approximate surface area is 153 Å². The fourth-order valence-corrected chi connectivity index (χ4v) is 4.38. The molecule has 0 radical (unpaired) electrons. The van der Waals surface area contributed by atoms with Crippen molar-refractivity contribution in [2.45, 2.75) is 38.9 Å². The van der Waals surface area contributed by atoms with E-state index in [9.17, 15) is 4.79 Å². The second-order valence-corrected chi connectivity index (χ2v) is 7.76. The molecule has 0 N–H and O–H groups in total. The van der Waals surface area contributed by atoms with Crippen molar-refractivity contribution in [1.82, 2.24) is 24.6 Å². The molecule has 1 saturated heterocycles. The molecule has 0 aliphatic carbocycles. The zero-order valence-corrected chi connectivity index (χ0v) is 15.9. The number of aromatic nitrogens is 4. The molecule has 0 saturated carbocycles. The highest BCUT2D eigenvalue weighted by Gasteiger charge is 2.25. The van der Waals surface area contributed by atoms with E-state index in [1.165, 1.54) is 18.2 Å². The normalized spacial score (nSPS) is 20.7. The highest BCUT2D eigenvalue weighted by atomic mass is 32.2. The molecule has 0 spiro atoms. The standard InChI is InChI=1S/C18H25N5OS/c1-4-23-17(15-5-7-19-8-6-15)20-21-18(23)25-12-16(24)22-10-13(2)9-14(3)11-22/h5-8,13-14H,4,9-12H2,1-3H3/t13-,14-/m0/s1. The van der Waals surface area contributed by atoms with E-state index in [1.807, 2.05) is 17.0 Å². The van der Waals surface area contributed by atoms with Crippen LogP contribution in [-0.4, -0.2) is 49.4 Å². The zero-order chi connectivity index (χ0) is 17.8. The van der Waals surface area contributed by atoms with E-state index < -0.39 is 0 Å². The number of thioether (sulfide) groups is 1. The van der Waals surface area contributed by atoms with Crippen LogP contribution in [0.2, 0.25) is 0 Å². The lowest BCUT2D eigenvalue weighted by Crippen LogP contribution is -2.43. The summed E-state index contributed by atoms with van der Waals surface area (Å²) in [4.78, 5) is 18.6. The average molecular weight is 359 g/mol. The summed E-state index contributed by atoms with van der Waals surface area (Å²) in [6.45, 7) is 9.00. The molecule has 7 heteroatoms. The van der Waals surface area contributed by atoms with Gasteiger partial charge in [0.1, 0.15) is 0 Å². The van der Waals surface area contributed by atoms with Crippen molar-refractivity contribution in [3.8, 4) is 11.4 Å². The molecule has 134 valence electrons. The van der Waals surface area contributed by atoms with Gasteiger partial charge in [0.05, 0.1) is 5.75 Å². The van der Waals surface area contributed by atoms with Crippen LogP contribution in [0.5, 0.6) is 0 Å². The minimum Gasteiger partial charge on any atom is -0.341 e. The molecule has 3 heterocycles. The first-order valence-electron chi connectivity index (χ1n) is 8.82. The third-order valence-corrected chi connectivity index (χ3v) is 5.47. The quantitative estimate of drug-likeness (QED) is 0.768. The summed E-state index contributed by atoms with van der Waals surface area (Å²) < 4.78 is 2.05. The topological polar surface area (TPSA) is 63.9 Å². The van der Waals surface area contributed by atoms with Crippen LogP contribution in [0.15, 0.2) is 29.7 Å². The minimum atomic E-state index is 0.194. The molecule has 0 unspecified atom stereocenters. The summed E-state index contributed by atoms with van der Waals surface area (Å²) in [6, 6.07) is 3.85. The van der Waals surface area contributed by atoms with Gasteiger partial charge in [-0.1, -0.05) is 25.6 Å². The molecular weight excluding hydrogens is 334 g/mol. The van der Waals surface area contributed by atoms with Crippen LogP contribution in [0.3, 0.4) is 0 Å². The van der Waals surface area contributed by atoms with Crippen LogP contribution < -0.4 is 0 Å². The average Bonchev–Trinajstić information content (AvgIpc) is 3.02. The van der Waals surface area contributed by atoms with Gasteiger partial charge in [0.15, 0.2) is 11.0 Å². The highest BCUT2D eigenvalue weighted by molar-refractivity contribution is 7.99. The highest BCUT2D eigenvalue weighted by Crippen LogP contribution is 2.25. The molecule has 6 nitrogen and oxygen atoms in total. The Morgan fingerprint density at radius 2 is 1.88 bits per heavy atom. The number of carbonyl (C=O) groups is 1. The van der Waals surface area contributed by atoms with Gasteiger partial charge in [-0.3, -0.25) is 9.78 Å². The van der Waals surface area contributed by atoms with Gasteiger partial charge in [-0.25, -0.2) is 0 Å². The van der Waals surface area contributed by atoms with Gasteiger partial charge in [-0.05, 0) is 37.3 Å². The van der Waals surface area contributed by atoms with Crippen LogP contribution >= 0.6 is 11.8 Å². The number of carbonyl (C=O) groups excluding carboxylic acids is 1. The van der Waals surface area contributed by atoms with Crippen molar-refractivity contribution in [3.63, 3.8) is 0 Å². The SMILES string of the molecule is CCn1c(SCC(=O)N2C[C@@H](C)C[C@H](C)C2)nnc1-c1ccncc1. The van der Waals surface area contributed by atoms with E-state index in [0.29, 0.717) is 17.6 Å². The van der Waals surface area contributed by atoms with E-state index in [-0.39, 0.29) is 5.91 Å². The van der Waals surface area contributed by atoms with Crippen LogP contribution in [0.25, 0.3) is 11.4 Å². The Morgan fingerprint density at radius 1 is 1.20 bits per heavy atom. The number of nitrogens with zero attached hydrogens (tertiary/aromatic N) is 5. The van der Waals surface area contributed by atoms with Crippen LogP contribution in [-0.2, 0) is 11.3 Å². The Bertz CT molecular complexity index is 708. The summed E-state index contributed by atoms with van der Waals surface area (Å²) >= 11 is 1.47. The van der Waals surface area contributed by atoms with Gasteiger partial charge in [0.2, 0.25) is 5.91 Å². The Hall–Kier alpha value is -1.89. The second-order valence-electron chi connectivity index (χ2n) is 6.82. The predicted octanol–water partition coefficient (Wildman–Crippen LogP) is 2.96. The number of amides is 1. The number of likely N-dealkylation sites (tertiary alicyclic amines) is 1.